The summed E-state index contributed by atoms with van der Waals surface area (Å²) in [6, 6.07) is 18.0. The number of anilines is 5. The van der Waals surface area contributed by atoms with E-state index in [0.29, 0.717) is 40.1 Å². The lowest BCUT2D eigenvalue weighted by Crippen LogP contribution is -2.57. The Kier molecular flexibility index (Phi) is 13.4. The minimum absolute atomic E-state index is 0.116. The Bertz CT molecular complexity index is 2840. The van der Waals surface area contributed by atoms with Crippen LogP contribution in [0.3, 0.4) is 0 Å². The summed E-state index contributed by atoms with van der Waals surface area (Å²) in [5.74, 6) is 0.841. The molecule has 0 aliphatic carbocycles. The van der Waals surface area contributed by atoms with Crippen molar-refractivity contribution in [3.63, 3.8) is 0 Å². The largest absolute Gasteiger partial charge is 0.494 e. The number of aromatic nitrogens is 3. The van der Waals surface area contributed by atoms with E-state index in [-0.39, 0.29) is 24.1 Å². The summed E-state index contributed by atoms with van der Waals surface area (Å²) >= 11 is 3.63. The van der Waals surface area contributed by atoms with Gasteiger partial charge in [0.05, 0.1) is 34.0 Å². The van der Waals surface area contributed by atoms with E-state index in [1.807, 2.05) is 57.2 Å². The molecule has 5 aromatic rings. The van der Waals surface area contributed by atoms with Gasteiger partial charge in [-0.3, -0.25) is 29.6 Å². The van der Waals surface area contributed by atoms with Crippen molar-refractivity contribution >= 4 is 85.8 Å². The number of halogens is 1. The van der Waals surface area contributed by atoms with E-state index < -0.39 is 18.7 Å². The summed E-state index contributed by atoms with van der Waals surface area (Å²) in [7, 11) is -1.05. The molecule has 4 aliphatic rings. The fourth-order valence-corrected chi connectivity index (χ4v) is 12.6. The van der Waals surface area contributed by atoms with Gasteiger partial charge in [0.2, 0.25) is 17.8 Å². The van der Waals surface area contributed by atoms with Crippen LogP contribution < -0.4 is 30.9 Å². The summed E-state index contributed by atoms with van der Waals surface area (Å²) in [6.45, 7) is 18.4. The number of benzene rings is 3. The third kappa shape index (κ3) is 9.36. The minimum atomic E-state index is -2.73. The number of carbonyl (C=O) groups is 3. The highest BCUT2D eigenvalue weighted by Gasteiger charge is 2.50. The summed E-state index contributed by atoms with van der Waals surface area (Å²) in [4.78, 5) is 62.3. The number of nitrogens with zero attached hydrogens (tertiary/aromatic N) is 7. The number of nitrogens with one attached hydrogen (secondary N) is 3. The third-order valence-electron chi connectivity index (χ3n) is 14.3. The highest BCUT2D eigenvalue weighted by molar-refractivity contribution is 9.10. The van der Waals surface area contributed by atoms with Gasteiger partial charge in [0.15, 0.2) is 0 Å². The first kappa shape index (κ1) is 47.6. The maximum absolute atomic E-state index is 14.0. The highest BCUT2D eigenvalue weighted by atomic mass is 79.9. The lowest BCUT2D eigenvalue weighted by Gasteiger charge is -2.43. The van der Waals surface area contributed by atoms with E-state index >= 15 is 0 Å². The number of rotatable bonds is 13. The maximum Gasteiger partial charge on any atom is 0.255 e. The summed E-state index contributed by atoms with van der Waals surface area (Å²) in [5.41, 5.74) is 7.61. The first-order valence-corrected chi connectivity index (χ1v) is 27.2. The molecule has 1 unspecified atom stereocenters. The van der Waals surface area contributed by atoms with Crippen molar-refractivity contribution in [3.05, 3.63) is 93.2 Å². The van der Waals surface area contributed by atoms with Gasteiger partial charge in [-0.05, 0) is 123 Å². The van der Waals surface area contributed by atoms with E-state index in [1.54, 1.807) is 31.5 Å². The van der Waals surface area contributed by atoms with Crippen LogP contribution in [-0.4, -0.2) is 126 Å². The number of amides is 3. The predicted molar refractivity (Wildman–Crippen MR) is 273 cm³/mol. The number of ether oxygens (including phenoxy) is 1. The van der Waals surface area contributed by atoms with Gasteiger partial charge < -0.3 is 34.6 Å². The molecule has 3 amide bonds. The molecule has 3 fully saturated rings. The third-order valence-corrected chi connectivity index (χ3v) is 16.5. The molecule has 3 saturated heterocycles. The van der Waals surface area contributed by atoms with E-state index in [1.165, 1.54) is 11.3 Å². The number of methoxy groups -OCH3 is 1. The number of pyridine rings is 1. The van der Waals surface area contributed by atoms with Crippen LogP contribution in [0.5, 0.6) is 5.75 Å². The first-order valence-electron chi connectivity index (χ1n) is 23.8. The number of aryl methyl sites for hydroxylation is 2. The zero-order valence-corrected chi connectivity index (χ0v) is 42.6. The van der Waals surface area contributed by atoms with Crippen molar-refractivity contribution in [1.29, 1.82) is 0 Å². The van der Waals surface area contributed by atoms with Crippen molar-refractivity contribution in [3.8, 4) is 5.75 Å². The zero-order chi connectivity index (χ0) is 48.1. The molecule has 3 N–H and O–H groups in total. The van der Waals surface area contributed by atoms with Crippen LogP contribution in [0, 0.1) is 6.92 Å². The lowest BCUT2D eigenvalue weighted by molar-refractivity contribution is -0.138. The number of piperidine rings is 2. The molecule has 1 atom stereocenters. The molecule has 0 spiro atoms. The molecular weight excluding hydrogens is 944 g/mol. The number of imide groups is 1. The molecule has 3 aromatic carbocycles. The van der Waals surface area contributed by atoms with Crippen LogP contribution >= 0.6 is 23.1 Å². The smallest absolute Gasteiger partial charge is 0.255 e. The number of carbonyl (C=O) groups excluding carboxylic acids is 3. The standard InChI is InChI=1S/C51H62BrN10O5P/c1-8-32-28-40(56-50-53-30-37(52)47(58-50)55-39-15-14-38-35(13-12-31(2)54-38)46(39)68(6,7)66)43(67-5)29-42(32)61-22-19-34(20-23-61)60-26-24-59(25-27-60)21-18-33-10-9-11-36-45(33)49(65)62(51(36,3)4)41-16-17-44(63)57-48(41)64/h9-15,28-30,34,41H,8,16-27H2,1-7H3,(H,57,63,64)(H2,53,55,56,58). The molecule has 17 heteroatoms. The fourth-order valence-electron chi connectivity index (χ4n) is 10.8. The number of piperazine rings is 1. The molecule has 6 heterocycles. The lowest BCUT2D eigenvalue weighted by atomic mass is 9.89. The predicted octanol–water partition coefficient (Wildman–Crippen LogP) is 7.73. The van der Waals surface area contributed by atoms with Gasteiger partial charge in [-0.25, -0.2) is 4.98 Å². The Morgan fingerprint density at radius 3 is 2.38 bits per heavy atom. The topological polar surface area (TPSA) is 165 Å². The van der Waals surface area contributed by atoms with E-state index in [2.05, 4.69) is 81.7 Å². The molecule has 4 aliphatic heterocycles. The maximum atomic E-state index is 14.0. The normalized spacial score (nSPS) is 19.4. The molecule has 68 heavy (non-hydrogen) atoms. The molecule has 0 radical (unpaired) electrons. The van der Waals surface area contributed by atoms with Crippen molar-refractivity contribution < 1.29 is 23.7 Å². The van der Waals surface area contributed by atoms with Gasteiger partial charge in [0.1, 0.15) is 24.8 Å². The van der Waals surface area contributed by atoms with Crippen LogP contribution in [-0.2, 0) is 32.5 Å². The van der Waals surface area contributed by atoms with Crippen LogP contribution in [0.1, 0.15) is 79.2 Å². The molecule has 15 nitrogen and oxygen atoms in total. The molecule has 0 bridgehead atoms. The Labute approximate surface area is 407 Å². The molecule has 9 rings (SSSR count). The SMILES string of the molecule is CCc1cc(Nc2ncc(Br)c(Nc3ccc4nc(C)ccc4c3P(C)(C)=O)n2)c(OC)cc1N1CCC(N2CCN(CCc3cccc4c3C(=O)N(C3CCC(=O)NC3=O)C4(C)C)CC2)CC1. The van der Waals surface area contributed by atoms with Crippen molar-refractivity contribution in [2.24, 2.45) is 0 Å². The molecular formula is C51H62BrN10O5P. The van der Waals surface area contributed by atoms with Crippen LogP contribution in [0.15, 0.2) is 65.3 Å². The monoisotopic (exact) mass is 1000 g/mol. The van der Waals surface area contributed by atoms with Crippen LogP contribution in [0.25, 0.3) is 10.9 Å². The summed E-state index contributed by atoms with van der Waals surface area (Å²) in [5, 5.41) is 10.9. The Morgan fingerprint density at radius 2 is 1.68 bits per heavy atom. The Balaban J connectivity index is 0.811. The second kappa shape index (κ2) is 19.2. The van der Waals surface area contributed by atoms with E-state index in [0.717, 1.165) is 116 Å². The summed E-state index contributed by atoms with van der Waals surface area (Å²) < 4.78 is 20.3. The fraction of sp³-hybridized carbons (Fsp3) is 0.451. The molecule has 0 saturated carbocycles. The second-order valence-electron chi connectivity index (χ2n) is 19.4. The number of fused-ring (bicyclic) bond motifs is 2. The van der Waals surface area contributed by atoms with Crippen molar-refractivity contribution in [2.45, 2.75) is 83.8 Å². The number of hydrogen-bond acceptors (Lipinski definition) is 13. The van der Waals surface area contributed by atoms with Gasteiger partial charge in [-0.2, -0.15) is 4.98 Å². The van der Waals surface area contributed by atoms with Gasteiger partial charge in [0, 0.05) is 98.2 Å². The molecule has 358 valence electrons. The molecule has 2 aromatic heterocycles. The highest BCUT2D eigenvalue weighted by Crippen LogP contribution is 2.44. The number of hydrogen-bond donors (Lipinski definition) is 3. The van der Waals surface area contributed by atoms with E-state index in [9.17, 15) is 18.9 Å². The van der Waals surface area contributed by atoms with Crippen LogP contribution in [0.4, 0.5) is 28.8 Å². The first-order chi connectivity index (χ1) is 32.5. The van der Waals surface area contributed by atoms with Crippen molar-refractivity contribution in [1.82, 2.24) is 35.0 Å². The average Bonchev–Trinajstić information content (AvgIpc) is 3.52. The summed E-state index contributed by atoms with van der Waals surface area (Å²) in [6.07, 6.45) is 6.03. The van der Waals surface area contributed by atoms with Gasteiger partial charge in [0.25, 0.3) is 5.91 Å². The average molecular weight is 1010 g/mol. The van der Waals surface area contributed by atoms with E-state index in [4.69, 9.17) is 9.72 Å². The van der Waals surface area contributed by atoms with Gasteiger partial charge in [-0.15, -0.1) is 0 Å². The van der Waals surface area contributed by atoms with Gasteiger partial charge in [-0.1, -0.05) is 31.2 Å². The Hall–Kier alpha value is -5.41. The zero-order valence-electron chi connectivity index (χ0n) is 40.1. The Morgan fingerprint density at radius 1 is 0.912 bits per heavy atom. The minimum Gasteiger partial charge on any atom is -0.494 e. The quantitative estimate of drug-likeness (QED) is 0.0777. The van der Waals surface area contributed by atoms with Crippen LogP contribution in [0.2, 0.25) is 0 Å². The van der Waals surface area contributed by atoms with Crippen molar-refractivity contribution in [2.75, 3.05) is 81.8 Å². The van der Waals surface area contributed by atoms with Gasteiger partial charge >= 0.3 is 0 Å². The second-order valence-corrected chi connectivity index (χ2v) is 23.4.